The number of likely N-dealkylation sites (N-methyl/N-ethyl adjacent to an activating group) is 1. The summed E-state index contributed by atoms with van der Waals surface area (Å²) in [6.07, 6.45) is 5.38. The number of benzene rings is 1. The molecule has 15 heavy (non-hydrogen) atoms. The number of halogens is 1. The normalized spacial score (nSPS) is 18.5. The zero-order chi connectivity index (χ0) is 10.7. The van der Waals surface area contributed by atoms with Gasteiger partial charge in [-0.25, -0.2) is 0 Å². The SMILES string of the molecule is CNC(Cc1cccc(Br)c1)C1CCC1. The maximum atomic E-state index is 3.52. The van der Waals surface area contributed by atoms with Crippen LogP contribution in [0, 0.1) is 5.92 Å². The third-order valence-corrected chi connectivity index (χ3v) is 3.93. The molecule has 2 heteroatoms. The zero-order valence-electron chi connectivity index (χ0n) is 9.17. The van der Waals surface area contributed by atoms with E-state index in [0.717, 1.165) is 12.3 Å². The molecule has 1 aromatic carbocycles. The fourth-order valence-corrected chi connectivity index (χ4v) is 2.71. The predicted octanol–water partition coefficient (Wildman–Crippen LogP) is 3.38. The molecule has 1 unspecified atom stereocenters. The van der Waals surface area contributed by atoms with Gasteiger partial charge in [-0.1, -0.05) is 34.5 Å². The average molecular weight is 268 g/mol. The van der Waals surface area contributed by atoms with Crippen LogP contribution >= 0.6 is 15.9 Å². The second-order valence-corrected chi connectivity index (χ2v) is 5.34. The van der Waals surface area contributed by atoms with Crippen molar-refractivity contribution >= 4 is 15.9 Å². The molecule has 1 atom stereocenters. The van der Waals surface area contributed by atoms with Crippen molar-refractivity contribution in [1.29, 1.82) is 0 Å². The molecule has 0 amide bonds. The topological polar surface area (TPSA) is 12.0 Å². The summed E-state index contributed by atoms with van der Waals surface area (Å²) < 4.78 is 1.18. The first kappa shape index (κ1) is 11.2. The molecule has 1 aliphatic carbocycles. The van der Waals surface area contributed by atoms with Crippen molar-refractivity contribution in [2.24, 2.45) is 5.92 Å². The first-order valence-corrected chi connectivity index (χ1v) is 6.50. The highest BCUT2D eigenvalue weighted by Gasteiger charge is 2.25. The molecule has 1 nitrogen and oxygen atoms in total. The molecule has 2 rings (SSSR count). The van der Waals surface area contributed by atoms with E-state index in [1.165, 1.54) is 29.3 Å². The summed E-state index contributed by atoms with van der Waals surface area (Å²) in [5.74, 6) is 0.897. The third kappa shape index (κ3) is 2.82. The van der Waals surface area contributed by atoms with Gasteiger partial charge in [-0.3, -0.25) is 0 Å². The highest BCUT2D eigenvalue weighted by atomic mass is 79.9. The van der Waals surface area contributed by atoms with Crippen LogP contribution in [0.5, 0.6) is 0 Å². The lowest BCUT2D eigenvalue weighted by atomic mass is 9.78. The van der Waals surface area contributed by atoms with E-state index >= 15 is 0 Å². The van der Waals surface area contributed by atoms with Crippen LogP contribution in [0.4, 0.5) is 0 Å². The van der Waals surface area contributed by atoms with Gasteiger partial charge >= 0.3 is 0 Å². The predicted molar refractivity (Wildman–Crippen MR) is 68.0 cm³/mol. The monoisotopic (exact) mass is 267 g/mol. The minimum Gasteiger partial charge on any atom is -0.316 e. The van der Waals surface area contributed by atoms with Crippen LogP contribution in [0.3, 0.4) is 0 Å². The second-order valence-electron chi connectivity index (χ2n) is 4.42. The fourth-order valence-electron chi connectivity index (χ4n) is 2.26. The average Bonchev–Trinajstić information content (AvgIpc) is 2.14. The molecule has 1 saturated carbocycles. The molecule has 1 N–H and O–H groups in total. The maximum Gasteiger partial charge on any atom is 0.0178 e. The van der Waals surface area contributed by atoms with Crippen molar-refractivity contribution in [1.82, 2.24) is 5.32 Å². The Morgan fingerprint density at radius 3 is 2.80 bits per heavy atom. The van der Waals surface area contributed by atoms with Crippen molar-refractivity contribution in [3.8, 4) is 0 Å². The molecule has 0 radical (unpaired) electrons. The van der Waals surface area contributed by atoms with Crippen LogP contribution in [0.1, 0.15) is 24.8 Å². The minimum atomic E-state index is 0.660. The van der Waals surface area contributed by atoms with E-state index < -0.39 is 0 Å². The molecule has 82 valence electrons. The van der Waals surface area contributed by atoms with Crippen molar-refractivity contribution in [2.45, 2.75) is 31.7 Å². The van der Waals surface area contributed by atoms with E-state index in [4.69, 9.17) is 0 Å². The fraction of sp³-hybridized carbons (Fsp3) is 0.538. The number of hydrogen-bond donors (Lipinski definition) is 1. The first-order chi connectivity index (χ1) is 7.29. The molecule has 0 saturated heterocycles. The maximum absolute atomic E-state index is 3.52. The van der Waals surface area contributed by atoms with Crippen molar-refractivity contribution in [3.63, 3.8) is 0 Å². The Labute approximate surface area is 100 Å². The molecule has 0 heterocycles. The molecule has 1 aromatic rings. The quantitative estimate of drug-likeness (QED) is 0.882. The lowest BCUT2D eigenvalue weighted by Gasteiger charge is -2.33. The molecular formula is C13H18BrN. The van der Waals surface area contributed by atoms with E-state index in [1.54, 1.807) is 0 Å². The van der Waals surface area contributed by atoms with Crippen molar-refractivity contribution < 1.29 is 0 Å². The van der Waals surface area contributed by atoms with E-state index in [0.29, 0.717) is 6.04 Å². The van der Waals surface area contributed by atoms with Gasteiger partial charge in [-0.05, 0) is 49.9 Å². The Morgan fingerprint density at radius 2 is 2.27 bits per heavy atom. The molecule has 1 fully saturated rings. The third-order valence-electron chi connectivity index (χ3n) is 3.43. The summed E-state index contributed by atoms with van der Waals surface area (Å²) in [6.45, 7) is 0. The van der Waals surface area contributed by atoms with E-state index in [-0.39, 0.29) is 0 Å². The Kier molecular flexibility index (Phi) is 3.81. The van der Waals surface area contributed by atoms with Gasteiger partial charge in [-0.2, -0.15) is 0 Å². The molecule has 0 spiro atoms. The number of rotatable bonds is 4. The minimum absolute atomic E-state index is 0.660. The van der Waals surface area contributed by atoms with Crippen molar-refractivity contribution in [2.75, 3.05) is 7.05 Å². The molecule has 1 aliphatic rings. The van der Waals surface area contributed by atoms with Gasteiger partial charge in [0.15, 0.2) is 0 Å². The summed E-state index contributed by atoms with van der Waals surface area (Å²) in [7, 11) is 2.08. The molecule has 0 aromatic heterocycles. The lowest BCUT2D eigenvalue weighted by molar-refractivity contribution is 0.236. The van der Waals surface area contributed by atoms with Gasteiger partial charge in [0.05, 0.1) is 0 Å². The first-order valence-electron chi connectivity index (χ1n) is 5.71. The van der Waals surface area contributed by atoms with Gasteiger partial charge in [0, 0.05) is 10.5 Å². The van der Waals surface area contributed by atoms with Gasteiger partial charge in [-0.15, -0.1) is 0 Å². The largest absolute Gasteiger partial charge is 0.316 e. The van der Waals surface area contributed by atoms with Crippen LogP contribution in [0.25, 0.3) is 0 Å². The summed E-state index contributed by atoms with van der Waals surface area (Å²) in [6, 6.07) is 9.30. The highest BCUT2D eigenvalue weighted by Crippen LogP contribution is 2.31. The van der Waals surface area contributed by atoms with Crippen molar-refractivity contribution in [3.05, 3.63) is 34.3 Å². The molecular weight excluding hydrogens is 250 g/mol. The summed E-state index contributed by atoms with van der Waals surface area (Å²) >= 11 is 3.52. The van der Waals surface area contributed by atoms with Crippen LogP contribution in [0.15, 0.2) is 28.7 Å². The van der Waals surface area contributed by atoms with Gasteiger partial charge in [0.1, 0.15) is 0 Å². The van der Waals surface area contributed by atoms with E-state index in [1.807, 2.05) is 0 Å². The Morgan fingerprint density at radius 1 is 1.47 bits per heavy atom. The zero-order valence-corrected chi connectivity index (χ0v) is 10.8. The van der Waals surface area contributed by atoms with Crippen LogP contribution in [0.2, 0.25) is 0 Å². The number of hydrogen-bond acceptors (Lipinski definition) is 1. The lowest BCUT2D eigenvalue weighted by Crippen LogP contribution is -2.39. The van der Waals surface area contributed by atoms with Crippen LogP contribution < -0.4 is 5.32 Å². The van der Waals surface area contributed by atoms with Gasteiger partial charge in [0.25, 0.3) is 0 Å². The number of nitrogens with one attached hydrogen (secondary N) is 1. The van der Waals surface area contributed by atoms with E-state index in [2.05, 4.69) is 52.6 Å². The smallest absolute Gasteiger partial charge is 0.0178 e. The van der Waals surface area contributed by atoms with Gasteiger partial charge < -0.3 is 5.32 Å². The molecule has 0 bridgehead atoms. The van der Waals surface area contributed by atoms with Crippen LogP contribution in [-0.4, -0.2) is 13.1 Å². The standard InChI is InChI=1S/C13H18BrN/c1-15-13(11-5-3-6-11)9-10-4-2-7-12(14)8-10/h2,4,7-8,11,13,15H,3,5-6,9H2,1H3. The second kappa shape index (κ2) is 5.13. The Hall–Kier alpha value is -0.340. The summed E-state index contributed by atoms with van der Waals surface area (Å²) in [5.41, 5.74) is 1.43. The highest BCUT2D eigenvalue weighted by molar-refractivity contribution is 9.10. The van der Waals surface area contributed by atoms with E-state index in [9.17, 15) is 0 Å². The van der Waals surface area contributed by atoms with Crippen LogP contribution in [-0.2, 0) is 6.42 Å². The Bertz CT molecular complexity index is 320. The summed E-state index contributed by atoms with van der Waals surface area (Å²) in [5, 5.41) is 3.46. The van der Waals surface area contributed by atoms with Gasteiger partial charge in [0.2, 0.25) is 0 Å². The Balaban J connectivity index is 1.99. The molecule has 0 aliphatic heterocycles. The summed E-state index contributed by atoms with van der Waals surface area (Å²) in [4.78, 5) is 0.